The summed E-state index contributed by atoms with van der Waals surface area (Å²) < 4.78 is 9.79. The summed E-state index contributed by atoms with van der Waals surface area (Å²) in [4.78, 5) is 46.8. The van der Waals surface area contributed by atoms with Gasteiger partial charge in [0.05, 0.1) is 38.2 Å². The molecule has 0 fully saturated rings. The molecule has 8 heteroatoms. The van der Waals surface area contributed by atoms with Gasteiger partial charge in [-0.25, -0.2) is 0 Å². The summed E-state index contributed by atoms with van der Waals surface area (Å²) in [6.45, 7) is 0. The molecule has 0 radical (unpaired) electrons. The van der Waals surface area contributed by atoms with E-state index in [0.29, 0.717) is 33.6 Å². The molecular weight excluding hydrogens is 512 g/mol. The fraction of sp³-hybridized carbons (Fsp3) is 0.125. The van der Waals surface area contributed by atoms with Gasteiger partial charge in [-0.3, -0.25) is 19.2 Å². The molecule has 0 aliphatic carbocycles. The number of esters is 1. The number of carbonyl (C=O) groups excluding carboxylic acids is 3. The van der Waals surface area contributed by atoms with Crippen molar-refractivity contribution in [1.29, 1.82) is 0 Å². The molecule has 0 unspecified atom stereocenters. The number of aliphatic carboxylic acids is 1. The minimum absolute atomic E-state index is 0.0712. The topological polar surface area (TPSA) is 127 Å². The lowest BCUT2D eigenvalue weighted by Crippen LogP contribution is -2.08. The van der Waals surface area contributed by atoms with Crippen LogP contribution in [0.4, 0.5) is 0 Å². The van der Waals surface area contributed by atoms with Gasteiger partial charge in [0.15, 0.2) is 11.6 Å². The van der Waals surface area contributed by atoms with Crippen molar-refractivity contribution in [2.75, 3.05) is 14.2 Å². The second-order valence-corrected chi connectivity index (χ2v) is 8.52. The molecule has 4 aromatic rings. The van der Waals surface area contributed by atoms with E-state index in [9.17, 15) is 24.3 Å². The summed E-state index contributed by atoms with van der Waals surface area (Å²) in [5.74, 6) is -1.75. The largest absolute Gasteiger partial charge is 0.507 e. The lowest BCUT2D eigenvalue weighted by Gasteiger charge is -2.11. The number of aromatic hydroxyl groups is 1. The third-order valence-corrected chi connectivity index (χ3v) is 5.89. The predicted molar refractivity (Wildman–Crippen MR) is 148 cm³/mol. The first kappa shape index (κ1) is 29.3. The van der Waals surface area contributed by atoms with Crippen LogP contribution in [0.2, 0.25) is 0 Å². The van der Waals surface area contributed by atoms with Gasteiger partial charge in [0.2, 0.25) is 0 Å². The van der Waals surface area contributed by atoms with Crippen LogP contribution in [0.1, 0.15) is 43.0 Å². The molecule has 0 spiro atoms. The molecular formula is C32H28O8. The van der Waals surface area contributed by atoms with E-state index in [1.54, 1.807) is 78.9 Å². The average molecular weight is 541 g/mol. The first-order valence-electron chi connectivity index (χ1n) is 12.2. The number of hydrogen-bond acceptors (Lipinski definition) is 7. The summed E-state index contributed by atoms with van der Waals surface area (Å²) in [6.07, 6.45) is -0.253. The van der Waals surface area contributed by atoms with E-state index in [4.69, 9.17) is 9.84 Å². The maximum Gasteiger partial charge on any atom is 0.310 e. The Morgan fingerprint density at radius 2 is 1.12 bits per heavy atom. The van der Waals surface area contributed by atoms with Gasteiger partial charge >= 0.3 is 11.9 Å². The number of hydrogen-bond donors (Lipinski definition) is 2. The van der Waals surface area contributed by atoms with E-state index in [0.717, 1.165) is 0 Å². The molecule has 204 valence electrons. The normalized spacial score (nSPS) is 10.1. The van der Waals surface area contributed by atoms with Crippen LogP contribution in [0.15, 0.2) is 97.1 Å². The number of carbonyl (C=O) groups is 4. The minimum atomic E-state index is -0.965. The highest BCUT2D eigenvalue weighted by molar-refractivity contribution is 6.11. The first-order chi connectivity index (χ1) is 19.3. The Balaban J connectivity index is 0.000000220. The number of rotatable bonds is 9. The minimum Gasteiger partial charge on any atom is -0.507 e. The van der Waals surface area contributed by atoms with Crippen LogP contribution in [0.25, 0.3) is 0 Å². The highest BCUT2D eigenvalue weighted by Gasteiger charge is 2.19. The monoisotopic (exact) mass is 540 g/mol. The Hall–Kier alpha value is -5.24. The molecule has 0 atom stereocenters. The lowest BCUT2D eigenvalue weighted by molar-refractivity contribution is -0.140. The fourth-order valence-electron chi connectivity index (χ4n) is 3.94. The fourth-order valence-corrected chi connectivity index (χ4v) is 3.94. The zero-order valence-electron chi connectivity index (χ0n) is 22.0. The van der Waals surface area contributed by atoms with Gasteiger partial charge in [-0.2, -0.15) is 0 Å². The predicted octanol–water partition coefficient (Wildman–Crippen LogP) is 4.89. The van der Waals surface area contributed by atoms with Crippen LogP contribution in [-0.2, 0) is 27.2 Å². The summed E-state index contributed by atoms with van der Waals surface area (Å²) in [7, 11) is 2.71. The summed E-state index contributed by atoms with van der Waals surface area (Å²) in [5.41, 5.74) is 2.44. The molecule has 4 rings (SSSR count). The van der Waals surface area contributed by atoms with Crippen molar-refractivity contribution < 1.29 is 38.9 Å². The number of ketones is 2. The number of ether oxygens (including phenoxy) is 2. The molecule has 0 saturated heterocycles. The van der Waals surface area contributed by atoms with Crippen LogP contribution in [0, 0.1) is 0 Å². The first-order valence-corrected chi connectivity index (χ1v) is 12.2. The highest BCUT2D eigenvalue weighted by Crippen LogP contribution is 2.27. The Bertz CT molecular complexity index is 1490. The quantitative estimate of drug-likeness (QED) is 0.227. The van der Waals surface area contributed by atoms with Crippen LogP contribution in [-0.4, -0.2) is 47.9 Å². The molecule has 0 bridgehead atoms. The number of phenols is 1. The standard InChI is InChI=1S/2C16H14O4/c1-20-14(17)10-12-8-5-9-13(16(12)19)15(18)11-6-3-2-4-7-11;1-20-16-12(10-14(17)18)8-5-9-13(16)15(19)11-6-3-2-4-7-11/h2-9,19H,10H2,1H3;2-9H,10H2,1H3,(H,17,18). The molecule has 0 aliphatic heterocycles. The van der Waals surface area contributed by atoms with E-state index in [1.807, 2.05) is 12.1 Å². The van der Waals surface area contributed by atoms with Crippen LogP contribution in [0.5, 0.6) is 11.5 Å². The highest BCUT2D eigenvalue weighted by atomic mass is 16.5. The summed E-state index contributed by atoms with van der Waals surface area (Å²) >= 11 is 0. The third kappa shape index (κ3) is 7.41. The van der Waals surface area contributed by atoms with Crippen molar-refractivity contribution in [3.8, 4) is 11.5 Å². The van der Waals surface area contributed by atoms with Crippen molar-refractivity contribution in [2.45, 2.75) is 12.8 Å². The zero-order valence-corrected chi connectivity index (χ0v) is 22.0. The van der Waals surface area contributed by atoms with Gasteiger partial charge in [-0.15, -0.1) is 0 Å². The van der Waals surface area contributed by atoms with Gasteiger partial charge in [0.25, 0.3) is 0 Å². The molecule has 0 amide bonds. The Kier molecular flexibility index (Phi) is 10.3. The van der Waals surface area contributed by atoms with Crippen LogP contribution >= 0.6 is 0 Å². The number of benzene rings is 4. The van der Waals surface area contributed by atoms with Gasteiger partial charge in [0.1, 0.15) is 11.5 Å². The van der Waals surface area contributed by atoms with Gasteiger partial charge < -0.3 is 19.7 Å². The second kappa shape index (κ2) is 14.1. The average Bonchev–Trinajstić information content (AvgIpc) is 2.98. The van der Waals surface area contributed by atoms with Crippen molar-refractivity contribution in [2.24, 2.45) is 0 Å². The van der Waals surface area contributed by atoms with Gasteiger partial charge in [0, 0.05) is 22.3 Å². The maximum atomic E-state index is 12.4. The number of para-hydroxylation sites is 2. The molecule has 4 aromatic carbocycles. The van der Waals surface area contributed by atoms with E-state index in [2.05, 4.69) is 4.74 Å². The third-order valence-electron chi connectivity index (χ3n) is 5.89. The van der Waals surface area contributed by atoms with Crippen LogP contribution in [0.3, 0.4) is 0 Å². The summed E-state index contributed by atoms with van der Waals surface area (Å²) in [5, 5.41) is 19.0. The SMILES string of the molecule is COC(=O)Cc1cccc(C(=O)c2ccccc2)c1O.COc1c(CC(=O)O)cccc1C(=O)c1ccccc1. The maximum absolute atomic E-state index is 12.4. The van der Waals surface area contributed by atoms with E-state index < -0.39 is 11.9 Å². The van der Waals surface area contributed by atoms with Crippen molar-refractivity contribution in [1.82, 2.24) is 0 Å². The van der Waals surface area contributed by atoms with Gasteiger partial charge in [-0.1, -0.05) is 84.9 Å². The molecule has 0 aromatic heterocycles. The zero-order chi connectivity index (χ0) is 29.1. The van der Waals surface area contributed by atoms with Gasteiger partial charge in [-0.05, 0) is 12.1 Å². The molecule has 2 N–H and O–H groups in total. The Labute approximate surface area is 231 Å². The molecule has 40 heavy (non-hydrogen) atoms. The molecule has 0 saturated carbocycles. The smallest absolute Gasteiger partial charge is 0.310 e. The van der Waals surface area contributed by atoms with Crippen molar-refractivity contribution in [3.63, 3.8) is 0 Å². The molecule has 8 nitrogen and oxygen atoms in total. The Morgan fingerprint density at radius 3 is 1.62 bits per heavy atom. The number of phenolic OH excluding ortho intramolecular Hbond substituents is 1. The molecule has 0 heterocycles. The number of carboxylic acid groups (broad SMARTS) is 1. The van der Waals surface area contributed by atoms with Crippen molar-refractivity contribution in [3.05, 3.63) is 130 Å². The van der Waals surface area contributed by atoms with Crippen molar-refractivity contribution >= 4 is 23.5 Å². The Morgan fingerprint density at radius 1 is 0.625 bits per heavy atom. The number of carboxylic acids is 1. The number of methoxy groups -OCH3 is 2. The van der Waals surface area contributed by atoms with E-state index in [-0.39, 0.29) is 35.7 Å². The summed E-state index contributed by atoms with van der Waals surface area (Å²) in [6, 6.07) is 27.2. The van der Waals surface area contributed by atoms with E-state index in [1.165, 1.54) is 20.3 Å². The van der Waals surface area contributed by atoms with Crippen LogP contribution < -0.4 is 4.74 Å². The van der Waals surface area contributed by atoms with E-state index >= 15 is 0 Å². The lowest BCUT2D eigenvalue weighted by atomic mass is 9.98. The molecule has 0 aliphatic rings. The second-order valence-electron chi connectivity index (χ2n) is 8.52.